The molecule has 4 saturated heterocycles. The van der Waals surface area contributed by atoms with E-state index < -0.39 is 16.6 Å². The van der Waals surface area contributed by atoms with Crippen LogP contribution < -0.4 is 24.2 Å². The zero-order chi connectivity index (χ0) is 39.6. The number of nitrogens with zero attached hydrogens (tertiary/aromatic N) is 3. The average Bonchev–Trinajstić information content (AvgIpc) is 3.38. The summed E-state index contributed by atoms with van der Waals surface area (Å²) in [6, 6.07) is 0. The Morgan fingerprint density at radius 1 is 0.926 bits per heavy atom. The molecular formula is C37H76ILiN4O10S. The minimum Gasteiger partial charge on any atom is -1.00 e. The number of amides is 3. The number of ether oxygens (including phenoxy) is 5. The van der Waals surface area contributed by atoms with Gasteiger partial charge in [-0.25, -0.2) is 14.4 Å². The molecule has 4 aliphatic rings. The topological polar surface area (TPSA) is 153 Å². The second kappa shape index (κ2) is 28.7. The number of likely N-dealkylation sites (tertiary alicyclic amines) is 2. The fraction of sp³-hybridized carbons (Fsp3) is 0.865. The number of hydrogen-bond acceptors (Lipinski definition) is 12. The number of cyclic esters (lactones) is 1. The first kappa shape index (κ1) is 59.1. The van der Waals surface area contributed by atoms with Crippen LogP contribution in [0, 0.1) is 11.3 Å². The molecule has 0 aromatic rings. The molecule has 0 spiro atoms. The zero-order valence-corrected chi connectivity index (χ0v) is 36.1. The summed E-state index contributed by atoms with van der Waals surface area (Å²) in [5.41, 5.74) is -1.73. The van der Waals surface area contributed by atoms with Crippen LogP contribution in [0.15, 0.2) is 0 Å². The first-order valence-electron chi connectivity index (χ1n) is 17.4. The monoisotopic (exact) mass is 903 g/mol. The third-order valence-electron chi connectivity index (χ3n) is 8.03. The quantitative estimate of drug-likeness (QED) is 0.101. The van der Waals surface area contributed by atoms with Crippen LogP contribution in [0.4, 0.5) is 14.4 Å². The number of nitrogens with one attached hydrogen (secondary N) is 1. The van der Waals surface area contributed by atoms with Crippen molar-refractivity contribution >= 4 is 65.4 Å². The maximum Gasteiger partial charge on any atom is 1.00 e. The van der Waals surface area contributed by atoms with Crippen molar-refractivity contribution in [3.8, 4) is 0 Å². The molecule has 14 nitrogen and oxygen atoms in total. The van der Waals surface area contributed by atoms with Crippen molar-refractivity contribution in [2.75, 3.05) is 77.8 Å². The predicted molar refractivity (Wildman–Crippen MR) is 225 cm³/mol. The van der Waals surface area contributed by atoms with Gasteiger partial charge >= 0.3 is 49.1 Å². The molecule has 0 aliphatic carbocycles. The van der Waals surface area contributed by atoms with Crippen LogP contribution >= 0.6 is 35.2 Å². The number of fused-ring (bicyclic) bond motifs is 1. The van der Waals surface area contributed by atoms with Gasteiger partial charge in [0.05, 0.1) is 31.1 Å². The van der Waals surface area contributed by atoms with Gasteiger partial charge in [0.2, 0.25) is 0 Å². The van der Waals surface area contributed by atoms with E-state index in [1.165, 1.54) is 14.2 Å². The van der Waals surface area contributed by atoms with Gasteiger partial charge in [-0.15, -0.1) is 0 Å². The number of rotatable bonds is 2. The molecule has 1 N–H and O–H groups in total. The Kier molecular flexibility index (Phi) is 31.4. The minimum atomic E-state index is -0.621. The number of hydrogen-bond donors (Lipinski definition) is 2. The maximum absolute atomic E-state index is 12.0. The minimum absolute atomic E-state index is 0. The van der Waals surface area contributed by atoms with E-state index in [1.807, 2.05) is 65.2 Å². The summed E-state index contributed by atoms with van der Waals surface area (Å²) in [7, 11) is 2.74. The van der Waals surface area contributed by atoms with E-state index in [0.717, 1.165) is 45.3 Å². The number of methoxy groups -OCH3 is 2. The van der Waals surface area contributed by atoms with E-state index in [0.29, 0.717) is 32.8 Å². The van der Waals surface area contributed by atoms with Crippen molar-refractivity contribution in [3.63, 3.8) is 0 Å². The Balaban J connectivity index is -0.000000154. The van der Waals surface area contributed by atoms with Crippen LogP contribution in [0.3, 0.4) is 0 Å². The molecule has 54 heavy (non-hydrogen) atoms. The Morgan fingerprint density at radius 2 is 1.43 bits per heavy atom. The second-order valence-electron chi connectivity index (χ2n) is 14.7. The molecule has 0 aromatic heterocycles. The fourth-order valence-corrected chi connectivity index (χ4v) is 5.61. The predicted octanol–water partition coefficient (Wildman–Crippen LogP) is 4.43. The van der Waals surface area contributed by atoms with Crippen LogP contribution in [0.1, 0.15) is 106 Å². The number of esters is 2. The van der Waals surface area contributed by atoms with Crippen molar-refractivity contribution in [2.45, 2.75) is 120 Å². The van der Waals surface area contributed by atoms with Crippen molar-refractivity contribution in [1.82, 2.24) is 20.0 Å². The summed E-state index contributed by atoms with van der Waals surface area (Å²) < 4.78 is 31.1. The standard InChI is InChI=1S/C13H23NO4.C12H21NO4.C7H12N2O2.CH3I.CH4S.3CH4.Li.H/c1-12(2,3)18-11(16)14-8-6-7-13(4,9-14)10(15)17-5;1-12(2,3)17-11(15)13-7-5-6-9(8-13)10(14)16-4;1-7-4-8-2-3-9(7)6(10)11-5-7;2*1-2;;;;;/h6-9H2,1-5H3;9H,5-8H2,1-4H3;8H,2-5H2,1H3;1H3;2H,1H3;3*1H4;;/q;;;;;;;;+1;-1/i;;;;1D;;;;;. The largest absolute Gasteiger partial charge is 1.00 e. The molecule has 4 aliphatic heterocycles. The summed E-state index contributed by atoms with van der Waals surface area (Å²) in [5, 5.41) is 3.24. The van der Waals surface area contributed by atoms with Gasteiger partial charge in [0, 0.05) is 47.2 Å². The van der Waals surface area contributed by atoms with Crippen LogP contribution in [0.5, 0.6) is 0 Å². The molecule has 4 rings (SSSR count). The van der Waals surface area contributed by atoms with Crippen molar-refractivity contribution in [3.05, 3.63) is 0 Å². The summed E-state index contributed by atoms with van der Waals surface area (Å²) in [6.07, 6.45) is 2.41. The molecule has 0 radical (unpaired) electrons. The number of piperidine rings is 2. The van der Waals surface area contributed by atoms with Crippen molar-refractivity contribution < 1.29 is 69.3 Å². The summed E-state index contributed by atoms with van der Waals surface area (Å²) in [5.74, 6) is -0.740. The summed E-state index contributed by atoms with van der Waals surface area (Å²) >= 11 is 5.61. The van der Waals surface area contributed by atoms with Gasteiger partial charge in [0.15, 0.2) is 0 Å². The number of carbonyl (C=O) groups excluding carboxylic acids is 5. The molecule has 4 fully saturated rings. The molecule has 0 aromatic carbocycles. The first-order chi connectivity index (χ1) is 23.6. The van der Waals surface area contributed by atoms with Crippen LogP contribution in [0.2, 0.25) is 0 Å². The van der Waals surface area contributed by atoms with Crippen LogP contribution in [-0.4, -0.2) is 139 Å². The van der Waals surface area contributed by atoms with Crippen molar-refractivity contribution in [1.29, 1.82) is 0 Å². The van der Waals surface area contributed by atoms with E-state index in [2.05, 4.69) is 40.5 Å². The molecule has 0 bridgehead atoms. The molecule has 3 amide bonds. The van der Waals surface area contributed by atoms with Gasteiger partial charge in [-0.05, 0) is 92.2 Å². The SMILES string of the molecule is C.C.C.CC12CNCCN1C(=O)OC2.CI.COC(=O)C1(C)CCCN(C(=O)OC(C)(C)C)C1.COC(=O)C1CCCN(C(=O)OC(C)(C)C)C1.[2H]CS.[H-].[Li+]. The number of alkyl halides is 1. The molecule has 3 atom stereocenters. The maximum atomic E-state index is 12.0. The van der Waals surface area contributed by atoms with E-state index in [1.54, 1.807) is 9.80 Å². The van der Waals surface area contributed by atoms with Gasteiger partial charge in [-0.2, -0.15) is 12.6 Å². The third-order valence-corrected chi connectivity index (χ3v) is 8.03. The van der Waals surface area contributed by atoms with E-state index in [4.69, 9.17) is 25.1 Å². The second-order valence-corrected chi connectivity index (χ2v) is 14.7. The van der Waals surface area contributed by atoms with Crippen LogP contribution in [0.25, 0.3) is 0 Å². The molecule has 318 valence electrons. The van der Waals surface area contributed by atoms with Gasteiger partial charge in [0.1, 0.15) is 17.8 Å². The third kappa shape index (κ3) is 21.1. The van der Waals surface area contributed by atoms with Crippen LogP contribution in [-0.2, 0) is 33.3 Å². The van der Waals surface area contributed by atoms with E-state index in [9.17, 15) is 24.0 Å². The summed E-state index contributed by atoms with van der Waals surface area (Å²) in [6.45, 7) is 19.9. The van der Waals surface area contributed by atoms with E-state index >= 15 is 0 Å². The smallest absolute Gasteiger partial charge is 1.00 e. The molecule has 3 unspecified atom stereocenters. The Labute approximate surface area is 362 Å². The average molecular weight is 904 g/mol. The van der Waals surface area contributed by atoms with E-state index in [-0.39, 0.29) is 90.5 Å². The van der Waals surface area contributed by atoms with Crippen molar-refractivity contribution in [2.24, 2.45) is 11.3 Å². The normalized spacial score (nSPS) is 22.8. The summed E-state index contributed by atoms with van der Waals surface area (Å²) in [4.78, 5) is 65.0. The Morgan fingerprint density at radius 3 is 1.89 bits per heavy atom. The van der Waals surface area contributed by atoms with Gasteiger partial charge in [-0.3, -0.25) is 14.5 Å². The molecule has 0 saturated carbocycles. The molecule has 4 heterocycles. The number of halogens is 1. The molecule has 17 heteroatoms. The zero-order valence-electron chi connectivity index (χ0n) is 35.0. The van der Waals surface area contributed by atoms with Gasteiger partial charge < -0.3 is 40.2 Å². The molecular weight excluding hydrogens is 826 g/mol. The van der Waals surface area contributed by atoms with Gasteiger partial charge in [0.25, 0.3) is 0 Å². The van der Waals surface area contributed by atoms with Gasteiger partial charge in [-0.1, -0.05) is 44.9 Å². The Hall–Kier alpha value is -1.61. The number of piperazine rings is 1. The number of carbonyl (C=O) groups is 5. The fourth-order valence-electron chi connectivity index (χ4n) is 5.61. The Bertz CT molecular complexity index is 1140. The first-order valence-corrected chi connectivity index (χ1v) is 19.5. The number of thiol groups is 1.